The van der Waals surface area contributed by atoms with E-state index in [1.54, 1.807) is 97.9 Å². The third kappa shape index (κ3) is 16.9. The fourth-order valence-corrected chi connectivity index (χ4v) is 7.13. The van der Waals surface area contributed by atoms with Crippen molar-refractivity contribution in [1.29, 1.82) is 0 Å². The number of epoxide rings is 1. The predicted octanol–water partition coefficient (Wildman–Crippen LogP) is 12.3. The molecule has 70 heavy (non-hydrogen) atoms. The molecule has 12 nitrogen and oxygen atoms in total. The van der Waals surface area contributed by atoms with Crippen molar-refractivity contribution in [3.8, 4) is 28.7 Å². The van der Waals surface area contributed by atoms with Gasteiger partial charge in [0.2, 0.25) is 0 Å². The van der Waals surface area contributed by atoms with Gasteiger partial charge in [-0.1, -0.05) is 58.0 Å². The minimum absolute atomic E-state index is 0. The predicted molar refractivity (Wildman–Crippen MR) is 266 cm³/mol. The first-order chi connectivity index (χ1) is 33.6. The van der Waals surface area contributed by atoms with Crippen molar-refractivity contribution in [3.63, 3.8) is 0 Å². The molecule has 0 bridgehead atoms. The van der Waals surface area contributed by atoms with Crippen LogP contribution in [0.25, 0.3) is 21.5 Å². The third-order valence-corrected chi connectivity index (χ3v) is 10.9. The van der Waals surface area contributed by atoms with Crippen molar-refractivity contribution < 1.29 is 75.6 Å². The molecule has 6 aromatic carbocycles. The van der Waals surface area contributed by atoms with Crippen LogP contribution in [0.1, 0.15) is 109 Å². The van der Waals surface area contributed by atoms with Gasteiger partial charge >= 0.3 is 23.9 Å². The molecule has 1 heterocycles. The Balaban J connectivity index is 0.00000300. The second kappa shape index (κ2) is 28.3. The molecule has 0 amide bonds. The molecule has 6 aromatic rings. The minimum Gasteiger partial charge on any atom is -0.494 e. The maximum atomic E-state index is 13.4. The van der Waals surface area contributed by atoms with E-state index in [1.165, 1.54) is 0 Å². The van der Waals surface area contributed by atoms with E-state index in [0.717, 1.165) is 84.4 Å². The number of hydrogen-bond acceptors (Lipinski definition) is 12. The monoisotopic (exact) mass is 989 g/mol. The Labute approximate surface area is 422 Å². The van der Waals surface area contributed by atoms with Crippen LogP contribution >= 0.6 is 0 Å². The molecule has 367 valence electrons. The number of fused-ring (bicyclic) bond motifs is 2. The molecular weight excluding hydrogens is 928 g/mol. The number of carbonyl (C=O) groups excluding carboxylic acids is 4. The van der Waals surface area contributed by atoms with Gasteiger partial charge in [0, 0.05) is 30.7 Å². The molecule has 1 radical (unpaired) electrons. The summed E-state index contributed by atoms with van der Waals surface area (Å²) in [5.41, 5.74) is 2.25. The van der Waals surface area contributed by atoms with Gasteiger partial charge in [0.1, 0.15) is 34.9 Å². The zero-order chi connectivity index (χ0) is 49.0. The smallest absolute Gasteiger partial charge is 0.343 e. The molecule has 7 rings (SSSR count). The van der Waals surface area contributed by atoms with Gasteiger partial charge in [-0.3, -0.25) is 0 Å². The number of esters is 4. The van der Waals surface area contributed by atoms with E-state index in [4.69, 9.17) is 37.9 Å². The van der Waals surface area contributed by atoms with Crippen LogP contribution in [0.2, 0.25) is 0 Å². The normalized spacial score (nSPS) is 12.4. The summed E-state index contributed by atoms with van der Waals surface area (Å²) < 4.78 is 44.9. The summed E-state index contributed by atoms with van der Waals surface area (Å²) >= 11 is 0. The number of benzene rings is 6. The van der Waals surface area contributed by atoms with Crippen LogP contribution < -0.4 is 23.7 Å². The molecule has 13 heteroatoms. The van der Waals surface area contributed by atoms with Crippen molar-refractivity contribution in [3.05, 3.63) is 150 Å². The summed E-state index contributed by atoms with van der Waals surface area (Å²) in [7, 11) is 0. The van der Waals surface area contributed by atoms with Crippen molar-refractivity contribution in [2.75, 3.05) is 39.6 Å². The van der Waals surface area contributed by atoms with Gasteiger partial charge in [-0.05, 0) is 170 Å². The van der Waals surface area contributed by atoms with Crippen LogP contribution in [0.15, 0.2) is 127 Å². The number of carbonyl (C=O) groups is 4. The molecule has 1 unspecified atom stereocenters. The SMILES string of the molecule is C=C(C)C(=O)OCCCCCCOc1ccc2cc(C(=O)Oc3ccc(OC(=O)c4ccc5cc(OC(=O)c6ccc(OCCCCOCC7CO7)cc6)ccc5c4)c(CCC)c3)ccc2c1.CC.[V]. The molecule has 1 fully saturated rings. The number of aryl methyl sites for hydroxylation is 1. The van der Waals surface area contributed by atoms with Gasteiger partial charge in [0.05, 0.1) is 49.7 Å². The van der Waals surface area contributed by atoms with Gasteiger partial charge in [0.25, 0.3) is 0 Å². The Morgan fingerprint density at radius 3 is 1.66 bits per heavy atom. The van der Waals surface area contributed by atoms with Crippen LogP contribution in [0.5, 0.6) is 28.7 Å². The van der Waals surface area contributed by atoms with E-state index >= 15 is 0 Å². The van der Waals surface area contributed by atoms with E-state index in [1.807, 2.05) is 45.0 Å². The molecule has 0 aliphatic carbocycles. The molecule has 1 saturated heterocycles. The van der Waals surface area contributed by atoms with Crippen molar-refractivity contribution in [1.82, 2.24) is 0 Å². The maximum Gasteiger partial charge on any atom is 0.343 e. The molecule has 0 N–H and O–H groups in total. The molecule has 0 saturated carbocycles. The zero-order valence-electron chi connectivity index (χ0n) is 40.5. The maximum absolute atomic E-state index is 13.4. The number of rotatable bonds is 25. The fraction of sp³-hybridized carbons (Fsp3) is 0.333. The van der Waals surface area contributed by atoms with Crippen LogP contribution in [0, 0.1) is 0 Å². The summed E-state index contributed by atoms with van der Waals surface area (Å²) in [6, 6.07) is 33.3. The Hall–Kier alpha value is -6.44. The van der Waals surface area contributed by atoms with Crippen LogP contribution in [0.4, 0.5) is 0 Å². The first-order valence-electron chi connectivity index (χ1n) is 23.9. The Bertz CT molecular complexity index is 2690. The first-order valence-corrected chi connectivity index (χ1v) is 23.9. The summed E-state index contributed by atoms with van der Waals surface area (Å²) in [5, 5.41) is 3.33. The van der Waals surface area contributed by atoms with E-state index < -0.39 is 17.9 Å². The van der Waals surface area contributed by atoms with Crippen molar-refractivity contribution >= 4 is 45.4 Å². The molecule has 1 atom stereocenters. The quantitative estimate of drug-likeness (QED) is 0.0177. The van der Waals surface area contributed by atoms with Gasteiger partial charge in [-0.15, -0.1) is 0 Å². The summed E-state index contributed by atoms with van der Waals surface area (Å²) in [6.45, 7) is 14.9. The standard InChI is InChI=1S/C55H56O12.C2H6.V/c1-4-11-43-34-49(66-54(58)44-14-12-41-32-47(22-18-39(41)30-44)62-27-7-5-6-8-29-63-52(56)37(2)3)24-25-51(43)67-55(59)45-15-13-42-33-48(23-19-40(42)31-45)65-53(57)38-16-20-46(21-17-38)61-28-10-9-26-60-35-50-36-64-50;1-2;/h12-25,30-34,50H,2,4-11,26-29,35-36H2,1,3H3;1-2H3;. The van der Waals surface area contributed by atoms with Crippen molar-refractivity contribution in [2.45, 2.75) is 85.2 Å². The Kier molecular flexibility index (Phi) is 22.0. The summed E-state index contributed by atoms with van der Waals surface area (Å²) in [5.74, 6) is 0.579. The van der Waals surface area contributed by atoms with E-state index in [9.17, 15) is 19.2 Å². The van der Waals surface area contributed by atoms with E-state index in [2.05, 4.69) is 6.58 Å². The second-order valence-electron chi connectivity index (χ2n) is 16.4. The van der Waals surface area contributed by atoms with E-state index in [-0.39, 0.29) is 30.6 Å². The number of hydrogen-bond donors (Lipinski definition) is 0. The van der Waals surface area contributed by atoms with Crippen LogP contribution in [0.3, 0.4) is 0 Å². The van der Waals surface area contributed by atoms with Gasteiger partial charge in [-0.25, -0.2) is 19.2 Å². The number of unbranched alkanes of at least 4 members (excludes halogenated alkanes) is 4. The Morgan fingerprint density at radius 2 is 1.03 bits per heavy atom. The average molecular weight is 990 g/mol. The number of ether oxygens (including phenoxy) is 8. The largest absolute Gasteiger partial charge is 0.494 e. The molecular formula is C57H62O12V. The van der Waals surface area contributed by atoms with Crippen LogP contribution in [-0.2, 0) is 44.0 Å². The topological polar surface area (TPSA) is 145 Å². The zero-order valence-corrected chi connectivity index (χ0v) is 41.9. The summed E-state index contributed by atoms with van der Waals surface area (Å²) in [4.78, 5) is 51.2. The molecule has 1 aliphatic rings. The summed E-state index contributed by atoms with van der Waals surface area (Å²) in [6.07, 6.45) is 6.94. The molecule has 0 spiro atoms. The van der Waals surface area contributed by atoms with E-state index in [0.29, 0.717) is 84.7 Å². The van der Waals surface area contributed by atoms with Crippen molar-refractivity contribution in [2.24, 2.45) is 0 Å². The van der Waals surface area contributed by atoms with Crippen LogP contribution in [-0.4, -0.2) is 69.6 Å². The first kappa shape index (κ1) is 54.5. The molecule has 1 aliphatic heterocycles. The third-order valence-electron chi connectivity index (χ3n) is 10.9. The van der Waals surface area contributed by atoms with Gasteiger partial charge in [0.15, 0.2) is 0 Å². The fourth-order valence-electron chi connectivity index (χ4n) is 7.13. The van der Waals surface area contributed by atoms with Gasteiger partial charge < -0.3 is 37.9 Å². The van der Waals surface area contributed by atoms with Gasteiger partial charge in [-0.2, -0.15) is 0 Å². The average Bonchev–Trinajstić information content (AvgIpc) is 4.20. The minimum atomic E-state index is -0.541. The Morgan fingerprint density at radius 1 is 0.557 bits per heavy atom. The molecule has 0 aromatic heterocycles. The second-order valence-corrected chi connectivity index (χ2v) is 16.4.